The van der Waals surface area contributed by atoms with Gasteiger partial charge in [0.25, 0.3) is 0 Å². The number of carbonyl (C=O) groups is 2. The van der Waals surface area contributed by atoms with E-state index in [-0.39, 0.29) is 17.2 Å². The van der Waals surface area contributed by atoms with Crippen LogP contribution in [0.15, 0.2) is 71.6 Å². The molecular weight excluding hydrogens is 450 g/mol. The van der Waals surface area contributed by atoms with Crippen LogP contribution < -0.4 is 15.4 Å². The van der Waals surface area contributed by atoms with E-state index in [4.69, 9.17) is 0 Å². The quantitative estimate of drug-likeness (QED) is 0.452. The molecule has 0 saturated carbocycles. The van der Waals surface area contributed by atoms with Crippen molar-refractivity contribution in [3.05, 3.63) is 89.0 Å². The van der Waals surface area contributed by atoms with Crippen molar-refractivity contribution in [3.63, 3.8) is 0 Å². The van der Waals surface area contributed by atoms with Gasteiger partial charge in [-0.05, 0) is 68.1 Å². The summed E-state index contributed by atoms with van der Waals surface area (Å²) >= 11 is 0. The molecule has 0 saturated heterocycles. The summed E-state index contributed by atoms with van der Waals surface area (Å²) in [7, 11) is -3.97. The van der Waals surface area contributed by atoms with Gasteiger partial charge in [-0.2, -0.15) is 4.72 Å². The molecule has 0 fully saturated rings. The first kappa shape index (κ1) is 25.1. The first-order valence-electron chi connectivity index (χ1n) is 10.9. The molecule has 0 bridgehead atoms. The lowest BCUT2D eigenvalue weighted by Gasteiger charge is -2.21. The molecule has 0 spiro atoms. The molecule has 0 aliphatic heterocycles. The van der Waals surface area contributed by atoms with Gasteiger partial charge in [0.1, 0.15) is 6.04 Å². The molecule has 0 radical (unpaired) electrons. The van der Waals surface area contributed by atoms with Gasteiger partial charge in [-0.1, -0.05) is 48.0 Å². The van der Waals surface area contributed by atoms with Crippen molar-refractivity contribution in [2.75, 3.05) is 10.6 Å². The molecule has 1 atom stereocenters. The molecule has 8 heteroatoms. The largest absolute Gasteiger partial charge is 0.326 e. The van der Waals surface area contributed by atoms with Gasteiger partial charge in [-0.25, -0.2) is 8.42 Å². The minimum absolute atomic E-state index is 0.180. The number of hydrogen-bond donors (Lipinski definition) is 3. The fourth-order valence-corrected chi connectivity index (χ4v) is 5.59. The molecule has 3 N–H and O–H groups in total. The minimum atomic E-state index is -3.97. The zero-order valence-electron chi connectivity index (χ0n) is 19.7. The number of aryl methyl sites for hydroxylation is 3. The predicted octanol–water partition coefficient (Wildman–Crippen LogP) is 4.10. The maximum Gasteiger partial charge on any atom is 0.242 e. The smallest absolute Gasteiger partial charge is 0.242 e. The monoisotopic (exact) mass is 479 g/mol. The Morgan fingerprint density at radius 2 is 1.35 bits per heavy atom. The van der Waals surface area contributed by atoms with Crippen molar-refractivity contribution >= 4 is 33.2 Å². The Bertz CT molecular complexity index is 1260. The lowest BCUT2D eigenvalue weighted by molar-refractivity contribution is -0.117. The molecular formula is C26H29N3O4S. The van der Waals surface area contributed by atoms with Crippen molar-refractivity contribution in [1.82, 2.24) is 4.72 Å². The summed E-state index contributed by atoms with van der Waals surface area (Å²) in [5, 5.41) is 5.44. The average molecular weight is 480 g/mol. The number of anilines is 2. The highest BCUT2D eigenvalue weighted by Crippen LogP contribution is 2.23. The van der Waals surface area contributed by atoms with Gasteiger partial charge in [0.2, 0.25) is 21.8 Å². The molecule has 3 rings (SSSR count). The number of nitrogens with one attached hydrogen (secondary N) is 3. The third-order valence-electron chi connectivity index (χ3n) is 5.24. The number of hydrogen-bond acceptors (Lipinski definition) is 4. The van der Waals surface area contributed by atoms with Crippen LogP contribution in [-0.2, 0) is 26.0 Å². The summed E-state index contributed by atoms with van der Waals surface area (Å²) in [6, 6.07) is 18.4. The Morgan fingerprint density at radius 3 is 1.88 bits per heavy atom. The fourth-order valence-electron chi connectivity index (χ4n) is 3.94. The van der Waals surface area contributed by atoms with Crippen LogP contribution in [0.4, 0.5) is 11.4 Å². The van der Waals surface area contributed by atoms with E-state index in [1.54, 1.807) is 38.1 Å². The second-order valence-corrected chi connectivity index (χ2v) is 9.99. The zero-order chi connectivity index (χ0) is 24.9. The van der Waals surface area contributed by atoms with Crippen LogP contribution >= 0.6 is 0 Å². The Kier molecular flexibility index (Phi) is 7.86. The Morgan fingerprint density at radius 1 is 0.824 bits per heavy atom. The standard InChI is InChI=1S/C26H29N3O4S/c1-17-14-18(2)25(19(3)15-17)34(32,33)29-24(16-21-8-6-5-7-9-21)26(31)28-23-12-10-22(11-13-23)27-20(4)30/h5-15,24,29H,16H2,1-4H3,(H,27,30)(H,28,31). The lowest BCUT2D eigenvalue weighted by Crippen LogP contribution is -2.45. The maximum atomic E-state index is 13.4. The van der Waals surface area contributed by atoms with Gasteiger partial charge in [0.15, 0.2) is 0 Å². The first-order chi connectivity index (χ1) is 16.0. The van der Waals surface area contributed by atoms with Crippen LogP contribution in [0.5, 0.6) is 0 Å². The first-order valence-corrected chi connectivity index (χ1v) is 12.4. The molecule has 7 nitrogen and oxygen atoms in total. The number of carbonyl (C=O) groups excluding carboxylic acids is 2. The molecule has 0 heterocycles. The molecule has 0 aromatic heterocycles. The fraction of sp³-hybridized carbons (Fsp3) is 0.231. The van der Waals surface area contributed by atoms with Gasteiger partial charge in [-0.15, -0.1) is 0 Å². The Labute approximate surface area is 200 Å². The summed E-state index contributed by atoms with van der Waals surface area (Å²) in [5.41, 5.74) is 4.12. The van der Waals surface area contributed by atoms with Crippen LogP contribution in [0.25, 0.3) is 0 Å². The molecule has 3 aromatic carbocycles. The molecule has 0 aliphatic carbocycles. The van der Waals surface area contributed by atoms with E-state index in [0.717, 1.165) is 11.1 Å². The molecule has 1 unspecified atom stereocenters. The highest BCUT2D eigenvalue weighted by atomic mass is 32.2. The van der Waals surface area contributed by atoms with Crippen LogP contribution in [0, 0.1) is 20.8 Å². The van der Waals surface area contributed by atoms with Crippen molar-refractivity contribution < 1.29 is 18.0 Å². The van der Waals surface area contributed by atoms with Crippen LogP contribution in [0.3, 0.4) is 0 Å². The summed E-state index contributed by atoms with van der Waals surface area (Å²) in [5.74, 6) is -0.682. The minimum Gasteiger partial charge on any atom is -0.326 e. The predicted molar refractivity (Wildman–Crippen MR) is 134 cm³/mol. The maximum absolute atomic E-state index is 13.4. The number of rotatable bonds is 8. The van der Waals surface area contributed by atoms with E-state index in [1.165, 1.54) is 6.92 Å². The van der Waals surface area contributed by atoms with Crippen molar-refractivity contribution in [3.8, 4) is 0 Å². The third-order valence-corrected chi connectivity index (χ3v) is 7.02. The van der Waals surface area contributed by atoms with Gasteiger partial charge in [0.05, 0.1) is 4.90 Å². The zero-order valence-corrected chi connectivity index (χ0v) is 20.5. The summed E-state index contributed by atoms with van der Waals surface area (Å²) in [6.07, 6.45) is 0.180. The van der Waals surface area contributed by atoms with Gasteiger partial charge < -0.3 is 10.6 Å². The lowest BCUT2D eigenvalue weighted by atomic mass is 10.1. The second kappa shape index (κ2) is 10.6. The normalized spacial score (nSPS) is 12.1. The van der Waals surface area contributed by atoms with Crippen LogP contribution in [-0.4, -0.2) is 26.3 Å². The summed E-state index contributed by atoms with van der Waals surface area (Å²) < 4.78 is 29.3. The Hall–Kier alpha value is -3.49. The molecule has 2 amide bonds. The second-order valence-electron chi connectivity index (χ2n) is 8.34. The van der Waals surface area contributed by atoms with Crippen LogP contribution in [0.1, 0.15) is 29.2 Å². The van der Waals surface area contributed by atoms with E-state index >= 15 is 0 Å². The number of sulfonamides is 1. The molecule has 178 valence electrons. The van der Waals surface area contributed by atoms with E-state index < -0.39 is 22.0 Å². The van der Waals surface area contributed by atoms with E-state index in [2.05, 4.69) is 15.4 Å². The van der Waals surface area contributed by atoms with Crippen molar-refractivity contribution in [2.45, 2.75) is 45.1 Å². The van der Waals surface area contributed by atoms with Gasteiger partial charge in [0, 0.05) is 18.3 Å². The van der Waals surface area contributed by atoms with E-state index in [1.807, 2.05) is 49.4 Å². The topological polar surface area (TPSA) is 104 Å². The average Bonchev–Trinajstić information content (AvgIpc) is 2.74. The third kappa shape index (κ3) is 6.52. The Balaban J connectivity index is 1.88. The van der Waals surface area contributed by atoms with Gasteiger partial charge in [-0.3, -0.25) is 9.59 Å². The van der Waals surface area contributed by atoms with Crippen molar-refractivity contribution in [2.24, 2.45) is 0 Å². The summed E-state index contributed by atoms with van der Waals surface area (Å²) in [4.78, 5) is 24.6. The van der Waals surface area contributed by atoms with Crippen LogP contribution in [0.2, 0.25) is 0 Å². The number of amides is 2. The SMILES string of the molecule is CC(=O)Nc1ccc(NC(=O)C(Cc2ccccc2)NS(=O)(=O)c2c(C)cc(C)cc2C)cc1. The summed E-state index contributed by atoms with van der Waals surface area (Å²) in [6.45, 7) is 6.81. The highest BCUT2D eigenvalue weighted by molar-refractivity contribution is 7.89. The van der Waals surface area contributed by atoms with Crippen molar-refractivity contribution in [1.29, 1.82) is 0 Å². The van der Waals surface area contributed by atoms with Gasteiger partial charge >= 0.3 is 0 Å². The van der Waals surface area contributed by atoms with E-state index in [0.29, 0.717) is 22.5 Å². The molecule has 34 heavy (non-hydrogen) atoms. The number of benzene rings is 3. The molecule has 3 aromatic rings. The van der Waals surface area contributed by atoms with E-state index in [9.17, 15) is 18.0 Å². The molecule has 0 aliphatic rings. The highest BCUT2D eigenvalue weighted by Gasteiger charge is 2.28.